The third-order valence-electron chi connectivity index (χ3n) is 5.56. The lowest BCUT2D eigenvalue weighted by molar-refractivity contribution is -0.266. The molecule has 1 aromatic heterocycles. The summed E-state index contributed by atoms with van der Waals surface area (Å²) in [5, 5.41) is 43.1. The number of nitrogen functional groups attached to an aromatic ring is 1. The van der Waals surface area contributed by atoms with Gasteiger partial charge in [0.15, 0.2) is 6.23 Å². The normalized spacial score (nSPS) is 37.9. The fourth-order valence-corrected chi connectivity index (χ4v) is 4.85. The average Bonchev–Trinajstić information content (AvgIpc) is 3.00. The minimum absolute atomic E-state index is 0.0784. The van der Waals surface area contributed by atoms with Crippen molar-refractivity contribution in [2.45, 2.75) is 61.9 Å². The first-order valence-corrected chi connectivity index (χ1v) is 11.6. The van der Waals surface area contributed by atoms with Gasteiger partial charge in [0.05, 0.1) is 24.9 Å². The minimum Gasteiger partial charge on any atom is -0.477 e. The maximum Gasteiger partial charge on any atom is 0.475 e. The number of nitrogens with two attached hydrogens (primary N) is 1. The number of aliphatic hydroxyl groups is 3. The Bertz CT molecular complexity index is 995. The first kappa shape index (κ1) is 26.6. The zero-order chi connectivity index (χ0) is 25.4. The molecule has 0 aromatic carbocycles. The number of carboxylic acids is 1. The minimum atomic E-state index is -5.18. The topological polar surface area (TPSA) is 245 Å². The highest BCUT2D eigenvalue weighted by Gasteiger charge is 2.55. The maximum absolute atomic E-state index is 12.5. The molecule has 1 aromatic rings. The van der Waals surface area contributed by atoms with Crippen molar-refractivity contribution < 1.29 is 53.2 Å². The Hall–Kier alpha value is -1.98. The fraction of sp³-hybridized carbons (Fsp3) is 0.706. The number of anilines is 1. The summed E-state index contributed by atoms with van der Waals surface area (Å²) in [5.74, 6) is -4.55. The fourth-order valence-electron chi connectivity index (χ4n) is 3.90. The van der Waals surface area contributed by atoms with Gasteiger partial charge in [0.2, 0.25) is 0 Å². The monoisotopic (exact) mass is 510 g/mol. The molecule has 2 saturated heterocycles. The van der Waals surface area contributed by atoms with Crippen molar-refractivity contribution in [3.8, 4) is 0 Å². The predicted molar refractivity (Wildman–Crippen MR) is 110 cm³/mol. The number of aliphatic carboxylic acids is 1. The molecular formula is C17H27N4O12P. The molecule has 0 radical (unpaired) electrons. The zero-order valence-corrected chi connectivity index (χ0v) is 19.0. The van der Waals surface area contributed by atoms with Gasteiger partial charge in [0.1, 0.15) is 24.1 Å². The van der Waals surface area contributed by atoms with Crippen molar-refractivity contribution in [2.75, 3.05) is 19.4 Å². The van der Waals surface area contributed by atoms with Crippen LogP contribution in [-0.4, -0.2) is 96.8 Å². The van der Waals surface area contributed by atoms with E-state index in [1.807, 2.05) is 0 Å². The molecule has 192 valence electrons. The molecule has 16 nitrogen and oxygen atoms in total. The molecular weight excluding hydrogens is 483 g/mol. The molecule has 2 aliphatic heterocycles. The van der Waals surface area contributed by atoms with Gasteiger partial charge in [-0.1, -0.05) is 0 Å². The van der Waals surface area contributed by atoms with E-state index >= 15 is 0 Å². The molecule has 34 heavy (non-hydrogen) atoms. The number of nitrogens with one attached hydrogen (secondary N) is 1. The first-order valence-electron chi connectivity index (χ1n) is 10.1. The van der Waals surface area contributed by atoms with Crippen LogP contribution in [0, 0.1) is 0 Å². The molecule has 17 heteroatoms. The van der Waals surface area contributed by atoms with Crippen LogP contribution >= 0.6 is 7.82 Å². The first-order chi connectivity index (χ1) is 15.8. The van der Waals surface area contributed by atoms with Gasteiger partial charge >= 0.3 is 19.5 Å². The Morgan fingerprint density at radius 2 is 2.09 bits per heavy atom. The largest absolute Gasteiger partial charge is 0.477 e. The van der Waals surface area contributed by atoms with Crippen molar-refractivity contribution in [3.63, 3.8) is 0 Å². The number of likely N-dealkylation sites (N-methyl/N-ethyl adjacent to an activating group) is 1. The van der Waals surface area contributed by atoms with Gasteiger partial charge in [-0.15, -0.1) is 0 Å². The van der Waals surface area contributed by atoms with Gasteiger partial charge in [-0.3, -0.25) is 9.09 Å². The van der Waals surface area contributed by atoms with Crippen LogP contribution in [-0.2, 0) is 27.9 Å². The molecule has 0 amide bonds. The number of aromatic nitrogens is 2. The summed E-state index contributed by atoms with van der Waals surface area (Å²) in [4.78, 5) is 37.4. The van der Waals surface area contributed by atoms with E-state index in [2.05, 4.69) is 10.3 Å². The molecule has 8 N–H and O–H groups in total. The van der Waals surface area contributed by atoms with Crippen LogP contribution in [0.3, 0.4) is 0 Å². The summed E-state index contributed by atoms with van der Waals surface area (Å²) < 4.78 is 33.7. The summed E-state index contributed by atoms with van der Waals surface area (Å²) in [6.07, 6.45) is -7.87. The number of phosphoric ester groups is 1. The Morgan fingerprint density at radius 3 is 2.65 bits per heavy atom. The van der Waals surface area contributed by atoms with E-state index < -0.39 is 81.1 Å². The van der Waals surface area contributed by atoms with Crippen molar-refractivity contribution >= 4 is 19.6 Å². The number of ether oxygens (including phenoxy) is 2. The van der Waals surface area contributed by atoms with E-state index in [9.17, 15) is 39.5 Å². The second kappa shape index (κ2) is 9.94. The molecule has 0 spiro atoms. The molecule has 0 bridgehead atoms. The van der Waals surface area contributed by atoms with Gasteiger partial charge in [0.25, 0.3) is 5.79 Å². The van der Waals surface area contributed by atoms with Crippen molar-refractivity contribution in [1.82, 2.24) is 14.9 Å². The number of aliphatic hydroxyl groups excluding tert-OH is 3. The van der Waals surface area contributed by atoms with Gasteiger partial charge in [0, 0.05) is 12.6 Å². The lowest BCUT2D eigenvalue weighted by Gasteiger charge is -2.43. The summed E-state index contributed by atoms with van der Waals surface area (Å²) in [6.45, 7) is 0.596. The van der Waals surface area contributed by atoms with E-state index in [1.54, 1.807) is 0 Å². The van der Waals surface area contributed by atoms with E-state index in [-0.39, 0.29) is 5.82 Å². The molecule has 3 heterocycles. The molecule has 9 atom stereocenters. The average molecular weight is 510 g/mol. The molecule has 2 aliphatic rings. The summed E-state index contributed by atoms with van der Waals surface area (Å²) >= 11 is 0. The smallest absolute Gasteiger partial charge is 0.475 e. The standard InChI is InChI=1S/C17H27N4O12P/c1-7-11(19-2)8(22)5-17(32-7,15(25)26)33-34(28,29)30-6-9-12(23)13(24)14(31-9)21-4-3-10(18)20-16(21)27/h3-4,7-9,11-14,19,22-24H,5-6H2,1-2H3,(H,25,26)(H,28,29)(H2,18,20,27)/t7?,8?,9?,11?,12-,13-,14?,17?/m1/s1. The highest BCUT2D eigenvalue weighted by atomic mass is 31.2. The molecule has 3 rings (SSSR count). The Kier molecular flexibility index (Phi) is 7.79. The molecule has 2 fully saturated rings. The lowest BCUT2D eigenvalue weighted by Crippen LogP contribution is -2.61. The number of carboxylic acid groups (broad SMARTS) is 1. The van der Waals surface area contributed by atoms with Crippen LogP contribution in [0.1, 0.15) is 19.6 Å². The number of nitrogens with zero attached hydrogens (tertiary/aromatic N) is 2. The second-order valence-corrected chi connectivity index (χ2v) is 9.29. The maximum atomic E-state index is 12.5. The van der Waals surface area contributed by atoms with E-state index in [4.69, 9.17) is 24.3 Å². The zero-order valence-electron chi connectivity index (χ0n) is 18.1. The van der Waals surface area contributed by atoms with Crippen LogP contribution in [0.25, 0.3) is 0 Å². The van der Waals surface area contributed by atoms with Crippen LogP contribution in [0.5, 0.6) is 0 Å². The predicted octanol–water partition coefficient (Wildman–Crippen LogP) is -2.88. The third-order valence-corrected chi connectivity index (χ3v) is 6.56. The summed E-state index contributed by atoms with van der Waals surface area (Å²) in [6, 6.07) is 0.592. The van der Waals surface area contributed by atoms with E-state index in [0.717, 1.165) is 4.57 Å². The second-order valence-electron chi connectivity index (χ2n) is 7.91. The SMILES string of the molecule is CNC1C(O)CC(OP(=O)(O)OCC2OC(n3ccc(N)nc3=O)[C@H](O)[C@@H]2O)(C(=O)O)OC1C. The Balaban J connectivity index is 1.70. The molecule has 0 saturated carbocycles. The number of rotatable bonds is 8. The van der Waals surface area contributed by atoms with E-state index in [1.165, 1.54) is 26.2 Å². The van der Waals surface area contributed by atoms with Gasteiger partial charge in [-0.25, -0.2) is 18.7 Å². The Morgan fingerprint density at radius 1 is 1.41 bits per heavy atom. The van der Waals surface area contributed by atoms with Crippen LogP contribution in [0.15, 0.2) is 17.1 Å². The van der Waals surface area contributed by atoms with Crippen molar-refractivity contribution in [3.05, 3.63) is 22.7 Å². The van der Waals surface area contributed by atoms with Gasteiger partial charge in [-0.2, -0.15) is 4.98 Å². The number of carbonyl (C=O) groups is 1. The van der Waals surface area contributed by atoms with E-state index in [0.29, 0.717) is 0 Å². The summed E-state index contributed by atoms with van der Waals surface area (Å²) in [5.41, 5.74) is 4.54. The summed E-state index contributed by atoms with van der Waals surface area (Å²) in [7, 11) is -3.66. The van der Waals surface area contributed by atoms with Crippen molar-refractivity contribution in [2.24, 2.45) is 0 Å². The van der Waals surface area contributed by atoms with Crippen LogP contribution < -0.4 is 16.7 Å². The Labute approximate surface area is 192 Å². The quantitative estimate of drug-likeness (QED) is 0.174. The number of hydrogen-bond donors (Lipinski definition) is 7. The van der Waals surface area contributed by atoms with Gasteiger partial charge in [-0.05, 0) is 20.0 Å². The molecule has 7 unspecified atom stereocenters. The molecule has 0 aliphatic carbocycles. The van der Waals surface area contributed by atoms with Crippen LogP contribution in [0.4, 0.5) is 5.82 Å². The number of phosphoric acid groups is 1. The third kappa shape index (κ3) is 5.31. The van der Waals surface area contributed by atoms with Gasteiger partial charge < -0.3 is 45.8 Å². The lowest BCUT2D eigenvalue weighted by atomic mass is 9.94. The highest BCUT2D eigenvalue weighted by molar-refractivity contribution is 7.47. The van der Waals surface area contributed by atoms with Crippen molar-refractivity contribution in [1.29, 1.82) is 0 Å². The highest BCUT2D eigenvalue weighted by Crippen LogP contribution is 2.51. The number of hydrogen-bond acceptors (Lipinski definition) is 13. The van der Waals surface area contributed by atoms with Crippen LogP contribution in [0.2, 0.25) is 0 Å².